The van der Waals surface area contributed by atoms with E-state index < -0.39 is 0 Å². The lowest BCUT2D eigenvalue weighted by molar-refractivity contribution is -0.119. The average molecular weight is 370 g/mol. The highest BCUT2D eigenvalue weighted by Crippen LogP contribution is 2.30. The van der Waals surface area contributed by atoms with Crippen LogP contribution in [0.4, 0.5) is 0 Å². The molecule has 0 unspecified atom stereocenters. The highest BCUT2D eigenvalue weighted by Gasteiger charge is 2.14. The summed E-state index contributed by atoms with van der Waals surface area (Å²) >= 11 is 0. The summed E-state index contributed by atoms with van der Waals surface area (Å²) in [6, 6.07) is 26.1. The van der Waals surface area contributed by atoms with Gasteiger partial charge in [-0.05, 0) is 23.8 Å². The quantitative estimate of drug-likeness (QED) is 0.446. The summed E-state index contributed by atoms with van der Waals surface area (Å²) < 4.78 is 7.77. The third-order valence-corrected chi connectivity index (χ3v) is 4.73. The minimum absolute atomic E-state index is 0.166. The van der Waals surface area contributed by atoms with Crippen molar-refractivity contribution in [3.63, 3.8) is 0 Å². The van der Waals surface area contributed by atoms with E-state index in [1.165, 1.54) is 0 Å². The summed E-state index contributed by atoms with van der Waals surface area (Å²) in [5.41, 5.74) is 3.93. The number of benzene rings is 3. The Morgan fingerprint density at radius 2 is 1.75 bits per heavy atom. The molecule has 0 spiro atoms. The van der Waals surface area contributed by atoms with Crippen molar-refractivity contribution in [2.24, 2.45) is 0 Å². The summed E-state index contributed by atoms with van der Waals surface area (Å²) in [4.78, 5) is 12.0. The summed E-state index contributed by atoms with van der Waals surface area (Å²) in [7, 11) is 0. The fourth-order valence-electron chi connectivity index (χ4n) is 3.21. The molecule has 4 heteroatoms. The number of aromatic nitrogens is 2. The van der Waals surface area contributed by atoms with Gasteiger partial charge >= 0.3 is 0 Å². The van der Waals surface area contributed by atoms with E-state index in [1.807, 2.05) is 85.8 Å². The number of carbonyl (C=O) groups is 1. The molecule has 3 aromatic carbocycles. The first-order valence-corrected chi connectivity index (χ1v) is 9.49. The molecule has 0 atom stereocenters. The van der Waals surface area contributed by atoms with Gasteiger partial charge in [0.25, 0.3) is 0 Å². The first-order chi connectivity index (χ1) is 13.7. The van der Waals surface area contributed by atoms with Crippen LogP contribution in [0.25, 0.3) is 22.2 Å². The molecule has 0 aliphatic heterocycles. The van der Waals surface area contributed by atoms with Crippen LogP contribution in [-0.2, 0) is 17.9 Å². The number of fused-ring (bicyclic) bond motifs is 1. The molecule has 1 heterocycles. The molecule has 0 amide bonds. The summed E-state index contributed by atoms with van der Waals surface area (Å²) in [6.07, 6.45) is 0.506. The normalized spacial score (nSPS) is 10.9. The molecule has 140 valence electrons. The molecule has 4 rings (SSSR count). The van der Waals surface area contributed by atoms with Gasteiger partial charge < -0.3 is 4.74 Å². The van der Waals surface area contributed by atoms with Gasteiger partial charge in [-0.1, -0.05) is 67.6 Å². The lowest BCUT2D eigenvalue weighted by atomic mass is 10.1. The van der Waals surface area contributed by atoms with Crippen LogP contribution < -0.4 is 4.74 Å². The van der Waals surface area contributed by atoms with Crippen LogP contribution in [0.1, 0.15) is 18.9 Å². The lowest BCUT2D eigenvalue weighted by Crippen LogP contribution is -2.09. The molecule has 0 saturated carbocycles. The molecule has 4 nitrogen and oxygen atoms in total. The molecule has 0 aliphatic carbocycles. The fraction of sp³-hybridized carbons (Fsp3) is 0.167. The zero-order valence-electron chi connectivity index (χ0n) is 15.8. The van der Waals surface area contributed by atoms with E-state index in [4.69, 9.17) is 9.84 Å². The van der Waals surface area contributed by atoms with Crippen LogP contribution in [0.5, 0.6) is 5.75 Å². The number of nitrogens with zero attached hydrogens (tertiary/aromatic N) is 2. The number of rotatable bonds is 7. The Labute approximate surface area is 164 Å². The van der Waals surface area contributed by atoms with Crippen LogP contribution in [-0.4, -0.2) is 15.6 Å². The van der Waals surface area contributed by atoms with E-state index in [1.54, 1.807) is 4.68 Å². The van der Waals surface area contributed by atoms with E-state index >= 15 is 0 Å². The number of ketones is 1. The number of Topliss-reactive ketones (excluding diaryl/α,β-unsaturated/α-hetero) is 1. The van der Waals surface area contributed by atoms with E-state index in [0.29, 0.717) is 19.6 Å². The highest BCUT2D eigenvalue weighted by molar-refractivity contribution is 5.94. The molecule has 0 saturated heterocycles. The van der Waals surface area contributed by atoms with Gasteiger partial charge in [-0.25, -0.2) is 0 Å². The second-order valence-corrected chi connectivity index (χ2v) is 6.72. The topological polar surface area (TPSA) is 44.1 Å². The van der Waals surface area contributed by atoms with Gasteiger partial charge in [-0.3, -0.25) is 9.48 Å². The predicted molar refractivity (Wildman–Crippen MR) is 111 cm³/mol. The van der Waals surface area contributed by atoms with Crippen molar-refractivity contribution >= 4 is 16.7 Å². The number of carbonyl (C=O) groups excluding carboxylic acids is 1. The van der Waals surface area contributed by atoms with E-state index in [9.17, 15) is 4.79 Å². The van der Waals surface area contributed by atoms with Gasteiger partial charge in [0, 0.05) is 17.4 Å². The maximum Gasteiger partial charge on any atom is 0.154 e. The van der Waals surface area contributed by atoms with E-state index in [2.05, 4.69) is 0 Å². The monoisotopic (exact) mass is 370 g/mol. The largest absolute Gasteiger partial charge is 0.489 e. The molecular weight excluding hydrogens is 348 g/mol. The molecule has 0 fully saturated rings. The summed E-state index contributed by atoms with van der Waals surface area (Å²) in [5.74, 6) is 0.962. The molecule has 0 radical (unpaired) electrons. The SMILES string of the molecule is CCC(=O)Cn1nc(-c2cccc(OCc3ccccc3)c2)c2ccccc21. The van der Waals surface area contributed by atoms with Gasteiger partial charge in [-0.2, -0.15) is 5.10 Å². The average Bonchev–Trinajstić information content (AvgIpc) is 3.12. The maximum atomic E-state index is 12.0. The van der Waals surface area contributed by atoms with Crippen molar-refractivity contribution in [3.8, 4) is 17.0 Å². The minimum Gasteiger partial charge on any atom is -0.489 e. The van der Waals surface area contributed by atoms with Crippen LogP contribution in [0, 0.1) is 0 Å². The van der Waals surface area contributed by atoms with Gasteiger partial charge in [0.15, 0.2) is 5.78 Å². The molecule has 0 N–H and O–H groups in total. The number of para-hydroxylation sites is 1. The van der Waals surface area contributed by atoms with Gasteiger partial charge in [0.05, 0.1) is 5.52 Å². The fourth-order valence-corrected chi connectivity index (χ4v) is 3.21. The van der Waals surface area contributed by atoms with Gasteiger partial charge in [-0.15, -0.1) is 0 Å². The zero-order valence-corrected chi connectivity index (χ0v) is 15.8. The van der Waals surface area contributed by atoms with Crippen molar-refractivity contribution in [2.45, 2.75) is 26.5 Å². The van der Waals surface area contributed by atoms with Crippen LogP contribution >= 0.6 is 0 Å². The number of ether oxygens (including phenoxy) is 1. The highest BCUT2D eigenvalue weighted by atomic mass is 16.5. The van der Waals surface area contributed by atoms with Crippen molar-refractivity contribution in [1.29, 1.82) is 0 Å². The van der Waals surface area contributed by atoms with Crippen molar-refractivity contribution in [2.75, 3.05) is 0 Å². The number of hydrogen-bond acceptors (Lipinski definition) is 3. The van der Waals surface area contributed by atoms with Crippen molar-refractivity contribution < 1.29 is 9.53 Å². The Morgan fingerprint density at radius 3 is 2.57 bits per heavy atom. The van der Waals surface area contributed by atoms with Crippen molar-refractivity contribution in [1.82, 2.24) is 9.78 Å². The van der Waals surface area contributed by atoms with Gasteiger partial charge in [0.1, 0.15) is 24.6 Å². The smallest absolute Gasteiger partial charge is 0.154 e. The Morgan fingerprint density at radius 1 is 0.964 bits per heavy atom. The van der Waals surface area contributed by atoms with Crippen LogP contribution in [0.15, 0.2) is 78.9 Å². The first-order valence-electron chi connectivity index (χ1n) is 9.49. The first kappa shape index (κ1) is 18.0. The van der Waals surface area contributed by atoms with Crippen LogP contribution in [0.2, 0.25) is 0 Å². The van der Waals surface area contributed by atoms with Gasteiger partial charge in [0.2, 0.25) is 0 Å². The Hall–Kier alpha value is -3.40. The molecular formula is C24H22N2O2. The maximum absolute atomic E-state index is 12.0. The zero-order chi connectivity index (χ0) is 19.3. The standard InChI is InChI=1S/C24H22N2O2/c1-2-20(27)16-26-23-14-7-6-13-22(23)24(25-26)19-11-8-12-21(15-19)28-17-18-9-4-3-5-10-18/h3-15H,2,16-17H2,1H3. The number of hydrogen-bond donors (Lipinski definition) is 0. The second-order valence-electron chi connectivity index (χ2n) is 6.72. The molecule has 0 bridgehead atoms. The van der Waals surface area contributed by atoms with E-state index in [-0.39, 0.29) is 5.78 Å². The molecule has 4 aromatic rings. The summed E-state index contributed by atoms with van der Waals surface area (Å²) in [5, 5.41) is 5.78. The molecule has 28 heavy (non-hydrogen) atoms. The third kappa shape index (κ3) is 3.81. The predicted octanol–water partition coefficient (Wildman–Crippen LogP) is 5.26. The lowest BCUT2D eigenvalue weighted by Gasteiger charge is -2.07. The summed E-state index contributed by atoms with van der Waals surface area (Å²) in [6.45, 7) is 2.69. The minimum atomic E-state index is 0.166. The van der Waals surface area contributed by atoms with Crippen LogP contribution in [0.3, 0.4) is 0 Å². The molecule has 1 aromatic heterocycles. The van der Waals surface area contributed by atoms with Crippen molar-refractivity contribution in [3.05, 3.63) is 84.4 Å². The Kier molecular flexibility index (Phi) is 5.20. The molecule has 0 aliphatic rings. The third-order valence-electron chi connectivity index (χ3n) is 4.73. The van der Waals surface area contributed by atoms with E-state index in [0.717, 1.165) is 33.5 Å². The second kappa shape index (κ2) is 8.09. The Balaban J connectivity index is 1.65. The Bertz CT molecular complexity index is 1100.